The van der Waals surface area contributed by atoms with E-state index in [4.69, 9.17) is 10.5 Å². The molecule has 2 N–H and O–H groups in total. The minimum atomic E-state index is -0.440. The lowest BCUT2D eigenvalue weighted by atomic mass is 9.97. The largest absolute Gasteiger partial charge is 0.383 e. The van der Waals surface area contributed by atoms with Crippen LogP contribution in [0.15, 0.2) is 0 Å². The van der Waals surface area contributed by atoms with Gasteiger partial charge in [-0.2, -0.15) is 0 Å². The molecule has 0 rings (SSSR count). The molecule has 0 saturated carbocycles. The molecule has 0 saturated heterocycles. The number of hydrogen-bond donors (Lipinski definition) is 1. The summed E-state index contributed by atoms with van der Waals surface area (Å²) in [5, 5.41) is 0. The molecule has 0 fully saturated rings. The summed E-state index contributed by atoms with van der Waals surface area (Å²) >= 11 is 0. The van der Waals surface area contributed by atoms with Crippen LogP contribution in [-0.2, 0) is 9.53 Å². The normalized spacial score (nSPS) is 15.4. The Hall–Kier alpha value is -0.410. The molecule has 3 heteroatoms. The predicted molar refractivity (Wildman–Crippen MR) is 53.5 cm³/mol. The summed E-state index contributed by atoms with van der Waals surface area (Å²) in [6.45, 7) is 4.54. The van der Waals surface area contributed by atoms with Crippen LogP contribution in [0.3, 0.4) is 0 Å². The molecule has 0 aromatic heterocycles. The quantitative estimate of drug-likeness (QED) is 0.654. The zero-order chi connectivity index (χ0) is 10.3. The van der Waals surface area contributed by atoms with Crippen molar-refractivity contribution in [3.8, 4) is 0 Å². The number of nitrogens with two attached hydrogens (primary N) is 1. The van der Waals surface area contributed by atoms with Crippen LogP contribution in [-0.4, -0.2) is 25.5 Å². The highest BCUT2D eigenvalue weighted by Gasteiger charge is 2.15. The predicted octanol–water partition coefficient (Wildman–Crippen LogP) is 1.36. The number of Topliss-reactive ketones (excluding diaryl/α,β-unsaturated/α-hetero) is 1. The molecule has 3 nitrogen and oxygen atoms in total. The molecule has 78 valence electrons. The first-order valence-electron chi connectivity index (χ1n) is 4.89. The SMILES string of the molecule is CCCC(C)CC(=O)C(N)COC. The maximum absolute atomic E-state index is 11.4. The van der Waals surface area contributed by atoms with Crippen LogP contribution in [0.5, 0.6) is 0 Å². The molecule has 0 heterocycles. The molecule has 2 atom stereocenters. The zero-order valence-corrected chi connectivity index (χ0v) is 8.88. The lowest BCUT2D eigenvalue weighted by molar-refractivity contribution is -0.122. The molecule has 0 aliphatic rings. The molecule has 0 aliphatic carbocycles. The van der Waals surface area contributed by atoms with E-state index in [1.165, 1.54) is 0 Å². The van der Waals surface area contributed by atoms with E-state index in [9.17, 15) is 4.79 Å². The van der Waals surface area contributed by atoms with Crippen LogP contribution >= 0.6 is 0 Å². The summed E-state index contributed by atoms with van der Waals surface area (Å²) in [7, 11) is 1.56. The Morgan fingerprint density at radius 3 is 2.62 bits per heavy atom. The van der Waals surface area contributed by atoms with Gasteiger partial charge in [0.25, 0.3) is 0 Å². The van der Waals surface area contributed by atoms with Crippen molar-refractivity contribution in [3.63, 3.8) is 0 Å². The van der Waals surface area contributed by atoms with Crippen LogP contribution in [0.25, 0.3) is 0 Å². The molecule has 0 aromatic carbocycles. The monoisotopic (exact) mass is 187 g/mol. The fourth-order valence-electron chi connectivity index (χ4n) is 1.36. The minimum Gasteiger partial charge on any atom is -0.383 e. The second-order valence-electron chi connectivity index (χ2n) is 3.63. The van der Waals surface area contributed by atoms with Crippen molar-refractivity contribution in [2.24, 2.45) is 11.7 Å². The highest BCUT2D eigenvalue weighted by molar-refractivity contribution is 5.84. The van der Waals surface area contributed by atoms with Gasteiger partial charge >= 0.3 is 0 Å². The summed E-state index contributed by atoms with van der Waals surface area (Å²) in [4.78, 5) is 11.4. The van der Waals surface area contributed by atoms with Crippen molar-refractivity contribution >= 4 is 5.78 Å². The number of carbonyl (C=O) groups excluding carboxylic acids is 1. The number of hydrogen-bond acceptors (Lipinski definition) is 3. The molecule has 0 spiro atoms. The first kappa shape index (κ1) is 12.6. The van der Waals surface area contributed by atoms with E-state index in [0.29, 0.717) is 18.9 Å². The van der Waals surface area contributed by atoms with Gasteiger partial charge in [-0.3, -0.25) is 4.79 Å². The lowest BCUT2D eigenvalue weighted by Crippen LogP contribution is -2.35. The molecular weight excluding hydrogens is 166 g/mol. The average Bonchev–Trinajstić information content (AvgIpc) is 2.05. The Balaban J connectivity index is 3.71. The van der Waals surface area contributed by atoms with E-state index >= 15 is 0 Å². The van der Waals surface area contributed by atoms with Crippen molar-refractivity contribution in [2.45, 2.75) is 39.2 Å². The Kier molecular flexibility index (Phi) is 6.82. The number of methoxy groups -OCH3 is 1. The molecule has 0 amide bonds. The van der Waals surface area contributed by atoms with Crippen molar-refractivity contribution in [1.82, 2.24) is 0 Å². The second kappa shape index (κ2) is 7.04. The molecule has 2 unspecified atom stereocenters. The third-order valence-corrected chi connectivity index (χ3v) is 2.09. The van der Waals surface area contributed by atoms with Gasteiger partial charge in [0.15, 0.2) is 5.78 Å². The topological polar surface area (TPSA) is 52.3 Å². The van der Waals surface area contributed by atoms with E-state index in [1.807, 2.05) is 0 Å². The van der Waals surface area contributed by atoms with Crippen LogP contribution < -0.4 is 5.73 Å². The first-order valence-corrected chi connectivity index (χ1v) is 4.89. The van der Waals surface area contributed by atoms with Gasteiger partial charge in [-0.05, 0) is 5.92 Å². The fraction of sp³-hybridized carbons (Fsp3) is 0.900. The number of rotatable bonds is 7. The summed E-state index contributed by atoms with van der Waals surface area (Å²) in [5.41, 5.74) is 5.60. The van der Waals surface area contributed by atoms with Gasteiger partial charge in [0.05, 0.1) is 12.6 Å². The molecule has 0 radical (unpaired) electrons. The number of ketones is 1. The third kappa shape index (κ3) is 5.77. The average molecular weight is 187 g/mol. The maximum atomic E-state index is 11.4. The van der Waals surface area contributed by atoms with E-state index < -0.39 is 6.04 Å². The molecule has 0 aromatic rings. The smallest absolute Gasteiger partial charge is 0.152 e. The summed E-state index contributed by atoms with van der Waals surface area (Å²) < 4.78 is 4.82. The standard InChI is InChI=1S/C10H21NO2/c1-4-5-8(2)6-10(12)9(11)7-13-3/h8-9H,4-7,11H2,1-3H3. The summed E-state index contributed by atoms with van der Waals surface area (Å²) in [5.74, 6) is 0.559. The van der Waals surface area contributed by atoms with Crippen LogP contribution in [0.4, 0.5) is 0 Å². The van der Waals surface area contributed by atoms with Crippen LogP contribution in [0.1, 0.15) is 33.1 Å². The van der Waals surface area contributed by atoms with Gasteiger partial charge in [0.1, 0.15) is 0 Å². The van der Waals surface area contributed by atoms with Gasteiger partial charge in [0, 0.05) is 13.5 Å². The van der Waals surface area contributed by atoms with E-state index in [2.05, 4.69) is 13.8 Å². The molecule has 13 heavy (non-hydrogen) atoms. The lowest BCUT2D eigenvalue weighted by Gasteiger charge is -2.13. The summed E-state index contributed by atoms with van der Waals surface area (Å²) in [6, 6.07) is -0.440. The fourth-order valence-corrected chi connectivity index (χ4v) is 1.36. The minimum absolute atomic E-state index is 0.114. The Bertz CT molecular complexity index is 148. The van der Waals surface area contributed by atoms with Crippen LogP contribution in [0.2, 0.25) is 0 Å². The van der Waals surface area contributed by atoms with Crippen molar-refractivity contribution in [2.75, 3.05) is 13.7 Å². The van der Waals surface area contributed by atoms with Gasteiger partial charge in [-0.15, -0.1) is 0 Å². The Morgan fingerprint density at radius 1 is 1.54 bits per heavy atom. The van der Waals surface area contributed by atoms with Gasteiger partial charge in [-0.25, -0.2) is 0 Å². The van der Waals surface area contributed by atoms with Gasteiger partial charge < -0.3 is 10.5 Å². The first-order chi connectivity index (χ1) is 6.11. The number of carbonyl (C=O) groups is 1. The molecular formula is C10H21NO2. The van der Waals surface area contributed by atoms with Crippen molar-refractivity contribution < 1.29 is 9.53 Å². The van der Waals surface area contributed by atoms with Gasteiger partial charge in [0.2, 0.25) is 0 Å². The number of ether oxygens (including phenoxy) is 1. The van der Waals surface area contributed by atoms with E-state index in [1.54, 1.807) is 7.11 Å². The van der Waals surface area contributed by atoms with E-state index in [0.717, 1.165) is 12.8 Å². The van der Waals surface area contributed by atoms with E-state index in [-0.39, 0.29) is 5.78 Å². The van der Waals surface area contributed by atoms with Crippen molar-refractivity contribution in [1.29, 1.82) is 0 Å². The maximum Gasteiger partial charge on any atom is 0.152 e. The summed E-state index contributed by atoms with van der Waals surface area (Å²) in [6.07, 6.45) is 2.79. The third-order valence-electron chi connectivity index (χ3n) is 2.09. The zero-order valence-electron chi connectivity index (χ0n) is 8.88. The Labute approximate surface area is 80.6 Å². The highest BCUT2D eigenvalue weighted by atomic mass is 16.5. The van der Waals surface area contributed by atoms with Gasteiger partial charge in [-0.1, -0.05) is 26.7 Å². The van der Waals surface area contributed by atoms with Crippen molar-refractivity contribution in [3.05, 3.63) is 0 Å². The highest BCUT2D eigenvalue weighted by Crippen LogP contribution is 2.10. The molecule has 0 bridgehead atoms. The van der Waals surface area contributed by atoms with Crippen LogP contribution in [0, 0.1) is 5.92 Å². The molecule has 0 aliphatic heterocycles. The second-order valence-corrected chi connectivity index (χ2v) is 3.63. The Morgan fingerprint density at radius 2 is 2.15 bits per heavy atom.